The maximum Gasteiger partial charge on any atom is 0.303 e. The quantitative estimate of drug-likeness (QED) is 0.273. The third kappa shape index (κ3) is 5.46. The van der Waals surface area contributed by atoms with Gasteiger partial charge in [-0.2, -0.15) is 0 Å². The predicted octanol–water partition coefficient (Wildman–Crippen LogP) is 4.40. The Bertz CT molecular complexity index is 1220. The lowest BCUT2D eigenvalue weighted by atomic mass is 9.71. The molecular formula is C38H61N5O3. The van der Waals surface area contributed by atoms with Gasteiger partial charge in [-0.25, -0.2) is 0 Å². The van der Waals surface area contributed by atoms with Gasteiger partial charge in [-0.3, -0.25) is 9.78 Å². The van der Waals surface area contributed by atoms with Gasteiger partial charge in [0.25, 0.3) is 0 Å². The van der Waals surface area contributed by atoms with E-state index in [9.17, 15) is 15.0 Å². The first kappa shape index (κ1) is 32.9. The van der Waals surface area contributed by atoms with E-state index >= 15 is 0 Å². The van der Waals surface area contributed by atoms with Crippen molar-refractivity contribution in [3.8, 4) is 0 Å². The van der Waals surface area contributed by atoms with Crippen LogP contribution in [0.5, 0.6) is 0 Å². The zero-order valence-electron chi connectivity index (χ0n) is 29.0. The molecule has 8 heteroatoms. The molecule has 1 aromatic heterocycles. The zero-order chi connectivity index (χ0) is 32.4. The maximum atomic E-state index is 12.0. The fourth-order valence-electron chi connectivity index (χ4n) is 12.7. The van der Waals surface area contributed by atoms with Crippen molar-refractivity contribution in [1.29, 1.82) is 0 Å². The summed E-state index contributed by atoms with van der Waals surface area (Å²) in [5, 5.41) is 38.4. The molecular weight excluding hydrogens is 574 g/mol. The maximum absolute atomic E-state index is 12.0. The van der Waals surface area contributed by atoms with E-state index in [0.717, 1.165) is 19.3 Å². The summed E-state index contributed by atoms with van der Waals surface area (Å²) < 4.78 is 0. The molecule has 19 atom stereocenters. The molecule has 8 nitrogen and oxygen atoms in total. The molecule has 0 amide bonds. The molecule has 6 heterocycles. The van der Waals surface area contributed by atoms with E-state index in [1.165, 1.54) is 18.4 Å². The topological polar surface area (TPSA) is 119 Å². The number of pyridine rings is 1. The molecule has 5 aliphatic heterocycles. The number of aliphatic carboxylic acids is 1. The molecule has 1 saturated carbocycles. The average molecular weight is 636 g/mol. The summed E-state index contributed by atoms with van der Waals surface area (Å²) in [5.74, 6) is 3.43. The second kappa shape index (κ2) is 13.0. The number of hydrogen-bond donors (Lipinski definition) is 6. The number of aliphatic hydroxyl groups is 1. The molecule has 1 aromatic rings. The Morgan fingerprint density at radius 1 is 0.739 bits per heavy atom. The third-order valence-corrected chi connectivity index (χ3v) is 15.0. The molecule has 17 unspecified atom stereocenters. The monoisotopic (exact) mass is 635 g/mol. The molecule has 7 rings (SSSR count). The minimum Gasteiger partial charge on any atom is -0.481 e. The highest BCUT2D eigenvalue weighted by atomic mass is 16.4. The van der Waals surface area contributed by atoms with Gasteiger partial charge in [0.1, 0.15) is 0 Å². The van der Waals surface area contributed by atoms with E-state index in [1.54, 1.807) is 0 Å². The van der Waals surface area contributed by atoms with Crippen LogP contribution in [-0.4, -0.2) is 75.6 Å². The van der Waals surface area contributed by atoms with Crippen LogP contribution < -0.4 is 21.3 Å². The Morgan fingerprint density at radius 3 is 2.00 bits per heavy atom. The highest BCUT2D eigenvalue weighted by molar-refractivity contribution is 5.66. The highest BCUT2D eigenvalue weighted by Crippen LogP contribution is 2.52. The van der Waals surface area contributed by atoms with Crippen LogP contribution in [0.2, 0.25) is 0 Å². The number of carboxylic acid groups (broad SMARTS) is 1. The molecule has 0 spiro atoms. The number of carboxylic acids is 1. The lowest BCUT2D eigenvalue weighted by molar-refractivity contribution is -0.137. The summed E-state index contributed by atoms with van der Waals surface area (Å²) in [4.78, 5) is 16.4. The van der Waals surface area contributed by atoms with Gasteiger partial charge >= 0.3 is 5.97 Å². The van der Waals surface area contributed by atoms with Crippen LogP contribution in [0.25, 0.3) is 0 Å². The minimum atomic E-state index is -0.711. The second-order valence-corrected chi connectivity index (χ2v) is 16.7. The number of aromatic nitrogens is 1. The molecule has 8 bridgehead atoms. The van der Waals surface area contributed by atoms with Crippen LogP contribution >= 0.6 is 0 Å². The summed E-state index contributed by atoms with van der Waals surface area (Å²) in [5.41, 5.74) is 1.33. The van der Waals surface area contributed by atoms with E-state index in [2.05, 4.69) is 79.9 Å². The molecule has 1 aliphatic carbocycles. The van der Waals surface area contributed by atoms with Crippen LogP contribution in [0.4, 0.5) is 0 Å². The van der Waals surface area contributed by atoms with Crippen LogP contribution in [0.15, 0.2) is 24.5 Å². The van der Waals surface area contributed by atoms with Crippen LogP contribution in [0.3, 0.4) is 0 Å². The third-order valence-electron chi connectivity index (χ3n) is 15.0. The summed E-state index contributed by atoms with van der Waals surface area (Å²) >= 11 is 0. The van der Waals surface area contributed by atoms with Gasteiger partial charge in [0.05, 0.1) is 6.10 Å². The van der Waals surface area contributed by atoms with Crippen molar-refractivity contribution in [2.45, 2.75) is 147 Å². The molecule has 6 N–H and O–H groups in total. The van der Waals surface area contributed by atoms with Gasteiger partial charge in [0.2, 0.25) is 0 Å². The number of nitrogens with one attached hydrogen (secondary N) is 4. The van der Waals surface area contributed by atoms with Crippen molar-refractivity contribution in [2.24, 2.45) is 53.3 Å². The predicted molar refractivity (Wildman–Crippen MR) is 181 cm³/mol. The molecule has 6 aliphatic rings. The molecule has 0 radical (unpaired) electrons. The van der Waals surface area contributed by atoms with E-state index in [-0.39, 0.29) is 54.3 Å². The van der Waals surface area contributed by atoms with Crippen molar-refractivity contribution in [3.63, 3.8) is 0 Å². The Morgan fingerprint density at radius 2 is 1.33 bits per heavy atom. The Hall–Kier alpha value is -1.58. The van der Waals surface area contributed by atoms with Gasteiger partial charge in [-0.15, -0.1) is 0 Å². The van der Waals surface area contributed by atoms with Gasteiger partial charge in [-0.05, 0) is 90.7 Å². The largest absolute Gasteiger partial charge is 0.481 e. The first-order valence-electron chi connectivity index (χ1n) is 19.0. The summed E-state index contributed by atoms with van der Waals surface area (Å²) in [6, 6.07) is 7.23. The first-order valence-corrected chi connectivity index (χ1v) is 19.0. The van der Waals surface area contributed by atoms with Crippen LogP contribution in [0, 0.1) is 53.3 Å². The van der Waals surface area contributed by atoms with Gasteiger partial charge in [-0.1, -0.05) is 54.4 Å². The van der Waals surface area contributed by atoms with Crippen molar-refractivity contribution in [2.75, 3.05) is 0 Å². The number of aliphatic hydroxyl groups excluding tert-OH is 1. The van der Waals surface area contributed by atoms with Crippen LogP contribution in [-0.2, 0) is 4.79 Å². The lowest BCUT2D eigenvalue weighted by Gasteiger charge is -2.36. The average Bonchev–Trinajstić information content (AvgIpc) is 3.79. The highest BCUT2D eigenvalue weighted by Gasteiger charge is 2.59. The summed E-state index contributed by atoms with van der Waals surface area (Å²) in [6.45, 7) is 14.5. The zero-order valence-corrected chi connectivity index (χ0v) is 29.0. The second-order valence-electron chi connectivity index (χ2n) is 16.7. The number of carbonyl (C=O) groups is 1. The smallest absolute Gasteiger partial charge is 0.303 e. The van der Waals surface area contributed by atoms with Crippen molar-refractivity contribution in [3.05, 3.63) is 30.1 Å². The summed E-state index contributed by atoms with van der Waals surface area (Å²) in [6.07, 6.45) is 9.87. The first-order chi connectivity index (χ1) is 22.1. The number of rotatable bonds is 6. The molecule has 46 heavy (non-hydrogen) atoms. The Balaban J connectivity index is 1.32. The van der Waals surface area contributed by atoms with E-state index in [0.29, 0.717) is 72.1 Å². The van der Waals surface area contributed by atoms with E-state index in [1.807, 2.05) is 12.4 Å². The molecule has 256 valence electrons. The Kier molecular flexibility index (Phi) is 9.34. The van der Waals surface area contributed by atoms with Crippen molar-refractivity contribution in [1.82, 2.24) is 26.3 Å². The Labute approximate surface area is 277 Å². The molecule has 0 aromatic carbocycles. The van der Waals surface area contributed by atoms with E-state index < -0.39 is 5.97 Å². The number of hydrogen-bond acceptors (Lipinski definition) is 7. The molecule has 5 saturated heterocycles. The minimum absolute atomic E-state index is 0.173. The van der Waals surface area contributed by atoms with Crippen LogP contribution in [0.1, 0.15) is 98.0 Å². The SMILES string of the molecule is CCC1C2CC3NC4C(CC(O)C4C3C)C3NC(C(c4ccncc4)C4NC(CC(N2)C1C)C(CC)C4C)[C@@H](C)[C@@H]3CCC(=O)O. The fraction of sp³-hybridized carbons (Fsp3) is 0.842. The lowest BCUT2D eigenvalue weighted by Crippen LogP contribution is -2.51. The normalized spacial score (nSPS) is 51.5. The van der Waals surface area contributed by atoms with Gasteiger partial charge < -0.3 is 31.5 Å². The van der Waals surface area contributed by atoms with Crippen molar-refractivity contribution < 1.29 is 15.0 Å². The van der Waals surface area contributed by atoms with Gasteiger partial charge in [0, 0.05) is 79.0 Å². The van der Waals surface area contributed by atoms with Gasteiger partial charge in [0.15, 0.2) is 0 Å². The van der Waals surface area contributed by atoms with E-state index in [4.69, 9.17) is 0 Å². The number of fused-ring (bicyclic) bond motifs is 8. The summed E-state index contributed by atoms with van der Waals surface area (Å²) in [7, 11) is 0. The molecule has 6 fully saturated rings. The fourth-order valence-corrected chi connectivity index (χ4v) is 12.7. The van der Waals surface area contributed by atoms with Crippen molar-refractivity contribution >= 4 is 5.97 Å². The standard InChI is InChI=1S/C38H61N5O3/c1-7-23-18(3)27-16-30-24(8-2)19(4)35(42-30)34(22-11-13-39-14-12-22)36-20(5)25(9-10-32(45)46)37(43-36)26-15-31(44)33-21(6)28(41-38(26)33)17-29(23)40-27/h11-14,18-21,23-31,33-38,40-44H,7-10,15-17H2,1-6H3,(H,45,46)/t18?,19?,20-,21?,23?,24?,25-,26?,27?,28?,29?,30?,31?,33?,34?,35?,36?,37?,38?/m0/s1. The number of nitrogens with zero attached hydrogens (tertiary/aromatic N) is 1.